The van der Waals surface area contributed by atoms with Crippen LogP contribution < -0.4 is 10.6 Å². The predicted molar refractivity (Wildman–Crippen MR) is 96.0 cm³/mol. The zero-order valence-electron chi connectivity index (χ0n) is 15.0. The molecule has 3 N–H and O–H groups in total. The summed E-state index contributed by atoms with van der Waals surface area (Å²) in [6.07, 6.45) is 6.96. The number of imide groups is 1. The lowest BCUT2D eigenvalue weighted by Gasteiger charge is -2.18. The highest BCUT2D eigenvalue weighted by Gasteiger charge is 2.58. The molecule has 1 aromatic rings. The minimum Gasteiger partial charge on any atom is -0.355 e. The maximum absolute atomic E-state index is 12.6. The molecule has 2 amide bonds. The molecule has 138 valence electrons. The number of aromatic nitrogens is 2. The number of aromatic amines is 1. The first-order chi connectivity index (χ1) is 12.6. The van der Waals surface area contributed by atoms with Crippen molar-refractivity contribution in [3.05, 3.63) is 29.6 Å². The SMILES string of the molecule is CN=C(NCCN1C(=O)C2C3C=CC(C3)C2C1=O)NCc1cn[nH]c1C. The van der Waals surface area contributed by atoms with Gasteiger partial charge in [0.15, 0.2) is 5.96 Å². The molecule has 4 unspecified atom stereocenters. The van der Waals surface area contributed by atoms with Crippen LogP contribution in [0, 0.1) is 30.6 Å². The number of rotatable bonds is 5. The van der Waals surface area contributed by atoms with Crippen molar-refractivity contribution in [1.82, 2.24) is 25.7 Å². The van der Waals surface area contributed by atoms with Crippen molar-refractivity contribution in [3.63, 3.8) is 0 Å². The van der Waals surface area contributed by atoms with Crippen molar-refractivity contribution in [3.8, 4) is 0 Å². The van der Waals surface area contributed by atoms with E-state index in [4.69, 9.17) is 0 Å². The van der Waals surface area contributed by atoms with Gasteiger partial charge in [0, 0.05) is 37.9 Å². The smallest absolute Gasteiger partial charge is 0.233 e. The molecule has 0 aromatic carbocycles. The molecule has 4 atom stereocenters. The van der Waals surface area contributed by atoms with E-state index in [2.05, 4.69) is 38.0 Å². The number of likely N-dealkylation sites (tertiary alicyclic amines) is 1. The molecule has 8 heteroatoms. The van der Waals surface area contributed by atoms with Gasteiger partial charge >= 0.3 is 0 Å². The summed E-state index contributed by atoms with van der Waals surface area (Å²) in [5.74, 6) is 0.884. The number of aliphatic imine (C=N–C) groups is 1. The number of carbonyl (C=O) groups excluding carboxylic acids is 2. The number of nitrogens with zero attached hydrogens (tertiary/aromatic N) is 3. The fourth-order valence-corrected chi connectivity index (χ4v) is 4.42. The van der Waals surface area contributed by atoms with Crippen LogP contribution in [-0.4, -0.2) is 53.0 Å². The Morgan fingerprint density at radius 3 is 2.54 bits per heavy atom. The van der Waals surface area contributed by atoms with Gasteiger partial charge in [-0.1, -0.05) is 12.2 Å². The maximum atomic E-state index is 12.6. The predicted octanol–water partition coefficient (Wildman–Crippen LogP) is 0.190. The molecule has 1 aromatic heterocycles. The zero-order valence-corrected chi connectivity index (χ0v) is 15.0. The Morgan fingerprint density at radius 2 is 1.96 bits per heavy atom. The van der Waals surface area contributed by atoms with Gasteiger partial charge in [0.2, 0.25) is 11.8 Å². The molecule has 1 aliphatic heterocycles. The van der Waals surface area contributed by atoms with Crippen LogP contribution in [0.2, 0.25) is 0 Å². The average Bonchev–Trinajstić information content (AvgIpc) is 3.39. The molecule has 2 heterocycles. The topological polar surface area (TPSA) is 102 Å². The standard InChI is InChI=1S/C18H24N6O2/c1-10-13(9-22-23-10)8-21-18(19-2)20-5-6-24-16(25)14-11-3-4-12(7-11)15(14)17(24)26/h3-4,9,11-12,14-15H,5-8H2,1-2H3,(H,22,23)(H2,19,20,21). The Hall–Kier alpha value is -2.64. The van der Waals surface area contributed by atoms with E-state index in [-0.39, 0.29) is 35.5 Å². The minimum absolute atomic E-state index is 0.00406. The number of nitrogens with one attached hydrogen (secondary N) is 3. The number of allylic oxidation sites excluding steroid dienone is 2. The van der Waals surface area contributed by atoms with E-state index in [0.29, 0.717) is 25.6 Å². The van der Waals surface area contributed by atoms with E-state index >= 15 is 0 Å². The highest BCUT2D eigenvalue weighted by molar-refractivity contribution is 6.06. The Kier molecular flexibility index (Phi) is 4.26. The maximum Gasteiger partial charge on any atom is 0.233 e. The summed E-state index contributed by atoms with van der Waals surface area (Å²) >= 11 is 0. The Balaban J connectivity index is 1.28. The largest absolute Gasteiger partial charge is 0.355 e. The summed E-state index contributed by atoms with van der Waals surface area (Å²) in [7, 11) is 1.69. The first kappa shape index (κ1) is 16.8. The Morgan fingerprint density at radius 1 is 1.27 bits per heavy atom. The molecule has 4 rings (SSSR count). The molecule has 0 spiro atoms. The van der Waals surface area contributed by atoms with Crippen LogP contribution in [0.4, 0.5) is 0 Å². The van der Waals surface area contributed by atoms with Crippen LogP contribution in [0.1, 0.15) is 17.7 Å². The van der Waals surface area contributed by atoms with Gasteiger partial charge in [-0.2, -0.15) is 5.10 Å². The second-order valence-corrected chi connectivity index (χ2v) is 7.20. The van der Waals surface area contributed by atoms with E-state index in [9.17, 15) is 9.59 Å². The lowest BCUT2D eigenvalue weighted by atomic mass is 9.85. The number of hydrogen-bond acceptors (Lipinski definition) is 4. The Labute approximate surface area is 152 Å². The number of hydrogen-bond donors (Lipinski definition) is 3. The first-order valence-corrected chi connectivity index (χ1v) is 9.07. The van der Waals surface area contributed by atoms with Crippen LogP contribution in [0.15, 0.2) is 23.3 Å². The summed E-state index contributed by atoms with van der Waals surface area (Å²) < 4.78 is 0. The fraction of sp³-hybridized carbons (Fsp3) is 0.556. The van der Waals surface area contributed by atoms with Crippen LogP contribution in [0.3, 0.4) is 0 Å². The highest BCUT2D eigenvalue weighted by Crippen LogP contribution is 2.52. The summed E-state index contributed by atoms with van der Waals surface area (Å²) in [5, 5.41) is 13.3. The van der Waals surface area contributed by atoms with Crippen LogP contribution in [-0.2, 0) is 16.1 Å². The number of fused-ring (bicyclic) bond motifs is 5. The van der Waals surface area contributed by atoms with E-state index in [0.717, 1.165) is 17.7 Å². The van der Waals surface area contributed by atoms with E-state index in [1.807, 2.05) is 6.92 Å². The highest BCUT2D eigenvalue weighted by atomic mass is 16.2. The third-order valence-electron chi connectivity index (χ3n) is 5.79. The summed E-state index contributed by atoms with van der Waals surface area (Å²) in [6.45, 7) is 3.41. The van der Waals surface area contributed by atoms with Crippen molar-refractivity contribution >= 4 is 17.8 Å². The molecule has 2 aliphatic carbocycles. The number of aryl methyl sites for hydroxylation is 1. The van der Waals surface area contributed by atoms with Crippen LogP contribution in [0.25, 0.3) is 0 Å². The molecular weight excluding hydrogens is 332 g/mol. The number of amides is 2. The first-order valence-electron chi connectivity index (χ1n) is 9.07. The monoisotopic (exact) mass is 356 g/mol. The number of H-pyrrole nitrogens is 1. The van der Waals surface area contributed by atoms with Gasteiger partial charge in [0.05, 0.1) is 18.0 Å². The van der Waals surface area contributed by atoms with Crippen molar-refractivity contribution in [2.45, 2.75) is 19.9 Å². The van der Waals surface area contributed by atoms with Crippen molar-refractivity contribution in [2.24, 2.45) is 28.7 Å². The fourth-order valence-electron chi connectivity index (χ4n) is 4.42. The van der Waals surface area contributed by atoms with Crippen LogP contribution in [0.5, 0.6) is 0 Å². The molecule has 1 saturated heterocycles. The summed E-state index contributed by atoms with van der Waals surface area (Å²) in [6, 6.07) is 0. The number of guanidine groups is 1. The molecule has 26 heavy (non-hydrogen) atoms. The number of carbonyl (C=O) groups is 2. The lowest BCUT2D eigenvalue weighted by Crippen LogP contribution is -2.43. The minimum atomic E-state index is -0.126. The van der Waals surface area contributed by atoms with E-state index < -0.39 is 0 Å². The molecular formula is C18H24N6O2. The van der Waals surface area contributed by atoms with Gasteiger partial charge in [0.1, 0.15) is 0 Å². The van der Waals surface area contributed by atoms with Crippen LogP contribution >= 0.6 is 0 Å². The molecule has 3 aliphatic rings. The lowest BCUT2D eigenvalue weighted by molar-refractivity contribution is -0.140. The normalized spacial score (nSPS) is 29.6. The Bertz CT molecular complexity index is 752. The second-order valence-electron chi connectivity index (χ2n) is 7.20. The van der Waals surface area contributed by atoms with Gasteiger partial charge in [-0.15, -0.1) is 0 Å². The van der Waals surface area contributed by atoms with E-state index in [1.54, 1.807) is 13.2 Å². The van der Waals surface area contributed by atoms with E-state index in [1.165, 1.54) is 4.90 Å². The molecule has 2 fully saturated rings. The second kappa shape index (κ2) is 6.59. The summed E-state index contributed by atoms with van der Waals surface area (Å²) in [5.41, 5.74) is 2.07. The molecule has 0 radical (unpaired) electrons. The average molecular weight is 356 g/mol. The third kappa shape index (κ3) is 2.69. The van der Waals surface area contributed by atoms with Gasteiger partial charge in [-0.25, -0.2) is 0 Å². The quantitative estimate of drug-likeness (QED) is 0.303. The van der Waals surface area contributed by atoms with Crippen molar-refractivity contribution < 1.29 is 9.59 Å². The van der Waals surface area contributed by atoms with Gasteiger partial charge < -0.3 is 10.6 Å². The third-order valence-corrected chi connectivity index (χ3v) is 5.79. The van der Waals surface area contributed by atoms with Gasteiger partial charge in [-0.05, 0) is 25.2 Å². The molecule has 8 nitrogen and oxygen atoms in total. The summed E-state index contributed by atoms with van der Waals surface area (Å²) in [4.78, 5) is 30.9. The molecule has 1 saturated carbocycles. The van der Waals surface area contributed by atoms with Crippen molar-refractivity contribution in [1.29, 1.82) is 0 Å². The zero-order chi connectivity index (χ0) is 18.3. The van der Waals surface area contributed by atoms with Gasteiger partial charge in [-0.3, -0.25) is 24.6 Å². The van der Waals surface area contributed by atoms with Gasteiger partial charge in [0.25, 0.3) is 0 Å². The molecule has 2 bridgehead atoms. The van der Waals surface area contributed by atoms with Crippen molar-refractivity contribution in [2.75, 3.05) is 20.1 Å².